The normalized spacial score (nSPS) is 45.1. The molecule has 0 aliphatic heterocycles. The summed E-state index contributed by atoms with van der Waals surface area (Å²) in [4.78, 5) is 23.6. The number of ketones is 1. The Balaban J connectivity index is 1.44. The van der Waals surface area contributed by atoms with Crippen LogP contribution in [0.1, 0.15) is 97.8 Å². The minimum Gasteiger partial charge on any atom is -0.469 e. The highest BCUT2D eigenvalue weighted by Gasteiger charge is 2.60. The van der Waals surface area contributed by atoms with Crippen molar-refractivity contribution in [2.24, 2.45) is 46.3 Å². The molecule has 4 aliphatic carbocycles. The third-order valence-corrected chi connectivity index (χ3v) is 10.5. The Bertz CT molecular complexity index is 642. The van der Waals surface area contributed by atoms with Crippen LogP contribution in [0.15, 0.2) is 0 Å². The molecule has 0 radical (unpaired) electrons. The highest BCUT2D eigenvalue weighted by Crippen LogP contribution is 2.68. The van der Waals surface area contributed by atoms with Crippen molar-refractivity contribution in [2.45, 2.75) is 97.8 Å². The monoisotopic (exact) mass is 402 g/mol. The molecular weight excluding hydrogens is 360 g/mol. The summed E-state index contributed by atoms with van der Waals surface area (Å²) in [6, 6.07) is 0. The maximum atomic E-state index is 12.1. The molecule has 3 nitrogen and oxygen atoms in total. The molecule has 8 atom stereocenters. The van der Waals surface area contributed by atoms with E-state index in [1.54, 1.807) is 0 Å². The number of esters is 1. The van der Waals surface area contributed by atoms with Crippen LogP contribution in [0.4, 0.5) is 0 Å². The second-order valence-corrected chi connectivity index (χ2v) is 11.6. The fraction of sp³-hybridized carbons (Fsp3) is 0.923. The molecule has 0 bridgehead atoms. The summed E-state index contributed by atoms with van der Waals surface area (Å²) in [5.41, 5.74) is 0.905. The number of fused-ring (bicyclic) bond motifs is 5. The Morgan fingerprint density at radius 1 is 1.07 bits per heavy atom. The first-order valence-corrected chi connectivity index (χ1v) is 12.4. The van der Waals surface area contributed by atoms with Crippen molar-refractivity contribution in [1.82, 2.24) is 0 Å². The number of carbonyl (C=O) groups excluding carboxylic acids is 2. The van der Waals surface area contributed by atoms with E-state index < -0.39 is 0 Å². The van der Waals surface area contributed by atoms with Crippen molar-refractivity contribution in [3.05, 3.63) is 0 Å². The van der Waals surface area contributed by atoms with Crippen LogP contribution in [0.5, 0.6) is 0 Å². The minimum absolute atomic E-state index is 0.0656. The van der Waals surface area contributed by atoms with E-state index in [0.29, 0.717) is 34.9 Å². The van der Waals surface area contributed by atoms with Crippen LogP contribution in [0.3, 0.4) is 0 Å². The predicted molar refractivity (Wildman–Crippen MR) is 115 cm³/mol. The van der Waals surface area contributed by atoms with Crippen LogP contribution in [-0.2, 0) is 14.3 Å². The Morgan fingerprint density at radius 3 is 2.59 bits per heavy atom. The number of methoxy groups -OCH3 is 1. The molecule has 0 aromatic heterocycles. The van der Waals surface area contributed by atoms with Crippen molar-refractivity contribution in [3.63, 3.8) is 0 Å². The van der Waals surface area contributed by atoms with Gasteiger partial charge in [-0.15, -0.1) is 0 Å². The summed E-state index contributed by atoms with van der Waals surface area (Å²) >= 11 is 0. The maximum Gasteiger partial charge on any atom is 0.305 e. The fourth-order valence-electron chi connectivity index (χ4n) is 8.89. The Kier molecular flexibility index (Phi) is 5.90. The van der Waals surface area contributed by atoms with Gasteiger partial charge in [-0.2, -0.15) is 0 Å². The van der Waals surface area contributed by atoms with Crippen LogP contribution < -0.4 is 0 Å². The predicted octanol–water partition coefficient (Wildman–Crippen LogP) is 6.19. The van der Waals surface area contributed by atoms with Crippen molar-refractivity contribution >= 4 is 11.8 Å². The van der Waals surface area contributed by atoms with Crippen molar-refractivity contribution in [3.8, 4) is 0 Å². The van der Waals surface area contributed by atoms with Gasteiger partial charge in [0.2, 0.25) is 0 Å². The quantitative estimate of drug-likeness (QED) is 0.515. The molecule has 3 heteroatoms. The van der Waals surface area contributed by atoms with Gasteiger partial charge in [-0.1, -0.05) is 20.8 Å². The lowest BCUT2D eigenvalue weighted by molar-refractivity contribution is -0.141. The third-order valence-electron chi connectivity index (χ3n) is 10.5. The number of carbonyl (C=O) groups is 2. The lowest BCUT2D eigenvalue weighted by Gasteiger charge is -2.60. The molecule has 0 unspecified atom stereocenters. The zero-order chi connectivity index (χ0) is 20.8. The molecular formula is C26H42O3. The third kappa shape index (κ3) is 3.59. The molecule has 29 heavy (non-hydrogen) atoms. The van der Waals surface area contributed by atoms with Gasteiger partial charge in [-0.05, 0) is 104 Å². The van der Waals surface area contributed by atoms with Gasteiger partial charge in [0, 0.05) is 19.3 Å². The molecule has 0 heterocycles. The lowest BCUT2D eigenvalue weighted by Crippen LogP contribution is -2.53. The van der Waals surface area contributed by atoms with E-state index >= 15 is 0 Å². The van der Waals surface area contributed by atoms with E-state index in [0.717, 1.165) is 55.8 Å². The number of hydrogen-bond donors (Lipinski definition) is 0. The summed E-state index contributed by atoms with van der Waals surface area (Å²) in [6.45, 7) is 7.60. The summed E-state index contributed by atoms with van der Waals surface area (Å²) < 4.78 is 4.82. The summed E-state index contributed by atoms with van der Waals surface area (Å²) in [7, 11) is 1.49. The zero-order valence-electron chi connectivity index (χ0n) is 19.2. The van der Waals surface area contributed by atoms with Crippen LogP contribution in [0, 0.1) is 46.3 Å². The number of Topliss-reactive ketones (excluding diaryl/α,β-unsaturated/α-hetero) is 1. The van der Waals surface area contributed by atoms with Crippen LogP contribution >= 0.6 is 0 Å². The SMILES string of the molecule is COC(=O)CCC[C@@H](C)[C@H]1CC[C@H]2[C@@H]3CC[C@H]4CC(=O)CC[C@]4(C)[C@H]3CC[C@]12C. The van der Waals surface area contributed by atoms with E-state index in [1.165, 1.54) is 45.6 Å². The molecule has 4 saturated carbocycles. The van der Waals surface area contributed by atoms with Crippen LogP contribution in [0.25, 0.3) is 0 Å². The highest BCUT2D eigenvalue weighted by molar-refractivity contribution is 5.79. The fourth-order valence-corrected chi connectivity index (χ4v) is 8.89. The molecule has 0 N–H and O–H groups in total. The highest BCUT2D eigenvalue weighted by atomic mass is 16.5. The molecule has 4 fully saturated rings. The van der Waals surface area contributed by atoms with Gasteiger partial charge in [0.05, 0.1) is 7.11 Å². The molecule has 0 spiro atoms. The molecule has 4 rings (SSSR count). The van der Waals surface area contributed by atoms with Crippen molar-refractivity contribution in [1.29, 1.82) is 0 Å². The van der Waals surface area contributed by atoms with E-state index in [2.05, 4.69) is 20.8 Å². The zero-order valence-corrected chi connectivity index (χ0v) is 19.2. The second kappa shape index (κ2) is 8.00. The van der Waals surface area contributed by atoms with Gasteiger partial charge in [-0.3, -0.25) is 9.59 Å². The van der Waals surface area contributed by atoms with Crippen molar-refractivity contribution in [2.75, 3.05) is 7.11 Å². The molecule has 0 amide bonds. The lowest BCUT2D eigenvalue weighted by atomic mass is 9.44. The summed E-state index contributed by atoms with van der Waals surface area (Å²) in [6.07, 6.45) is 13.7. The van der Waals surface area contributed by atoms with Crippen LogP contribution in [-0.4, -0.2) is 18.9 Å². The van der Waals surface area contributed by atoms with E-state index in [-0.39, 0.29) is 5.97 Å². The topological polar surface area (TPSA) is 43.4 Å². The van der Waals surface area contributed by atoms with E-state index in [4.69, 9.17) is 4.74 Å². The first-order chi connectivity index (χ1) is 13.8. The first-order valence-electron chi connectivity index (χ1n) is 12.4. The molecule has 164 valence electrons. The smallest absolute Gasteiger partial charge is 0.305 e. The van der Waals surface area contributed by atoms with Gasteiger partial charge < -0.3 is 4.74 Å². The van der Waals surface area contributed by atoms with Gasteiger partial charge >= 0.3 is 5.97 Å². The van der Waals surface area contributed by atoms with Gasteiger partial charge in [0.1, 0.15) is 5.78 Å². The van der Waals surface area contributed by atoms with Crippen molar-refractivity contribution < 1.29 is 14.3 Å². The van der Waals surface area contributed by atoms with E-state index in [9.17, 15) is 9.59 Å². The largest absolute Gasteiger partial charge is 0.469 e. The number of ether oxygens (including phenoxy) is 1. The molecule has 0 saturated heterocycles. The van der Waals surface area contributed by atoms with Gasteiger partial charge in [0.25, 0.3) is 0 Å². The molecule has 4 aliphatic rings. The van der Waals surface area contributed by atoms with Crippen LogP contribution in [0.2, 0.25) is 0 Å². The number of hydrogen-bond acceptors (Lipinski definition) is 3. The summed E-state index contributed by atoms with van der Waals surface area (Å²) in [5, 5.41) is 0. The maximum absolute atomic E-state index is 12.1. The minimum atomic E-state index is -0.0656. The molecule has 0 aromatic rings. The standard InChI is InChI=1S/C26H42O3/c1-17(6-5-7-24(28)29-4)21-10-11-22-20-9-8-18-16-19(27)12-14-25(18,2)23(20)13-15-26(21,22)3/h17-18,20-23H,5-16H2,1-4H3/t17-,18+,20+,21-,22+,23+,25+,26-/m1/s1. The Hall–Kier alpha value is -0.860. The van der Waals surface area contributed by atoms with Gasteiger partial charge in [0.15, 0.2) is 0 Å². The summed E-state index contributed by atoms with van der Waals surface area (Å²) in [5.74, 6) is 5.23. The number of rotatable bonds is 5. The average molecular weight is 403 g/mol. The average Bonchev–Trinajstić information content (AvgIpc) is 3.05. The Morgan fingerprint density at radius 2 is 1.83 bits per heavy atom. The molecule has 0 aromatic carbocycles. The van der Waals surface area contributed by atoms with Gasteiger partial charge in [-0.25, -0.2) is 0 Å². The first kappa shape index (κ1) is 21.4. The second-order valence-electron chi connectivity index (χ2n) is 11.6. The van der Waals surface area contributed by atoms with E-state index in [1.807, 2.05) is 0 Å². The Labute approximate surface area is 177 Å².